The fraction of sp³-hybridized carbons (Fsp3) is 0.500. The van der Waals surface area contributed by atoms with Crippen LogP contribution >= 0.6 is 0 Å². The minimum Gasteiger partial charge on any atom is -0.351 e. The van der Waals surface area contributed by atoms with E-state index in [0.29, 0.717) is 5.75 Å². The van der Waals surface area contributed by atoms with Crippen LogP contribution in [-0.2, 0) is 22.0 Å². The normalized spacial score (nSPS) is 21.3. The monoisotopic (exact) mass is 280 g/mol. The van der Waals surface area contributed by atoms with Gasteiger partial charge in [0.2, 0.25) is 5.91 Å². The smallest absolute Gasteiger partial charge is 0.241 e. The predicted octanol–water partition coefficient (Wildman–Crippen LogP) is 0.757. The van der Waals surface area contributed by atoms with Crippen molar-refractivity contribution in [2.24, 2.45) is 0 Å². The summed E-state index contributed by atoms with van der Waals surface area (Å²) in [6, 6.07) is 7.65. The van der Waals surface area contributed by atoms with Crippen LogP contribution in [0.3, 0.4) is 0 Å². The van der Waals surface area contributed by atoms with E-state index < -0.39 is 10.8 Å². The lowest BCUT2D eigenvalue weighted by molar-refractivity contribution is -0.123. The average Bonchev–Trinajstić information content (AvgIpc) is 2.36. The molecule has 0 saturated heterocycles. The maximum absolute atomic E-state index is 12.3. The minimum absolute atomic E-state index is 0.0369. The van der Waals surface area contributed by atoms with Crippen molar-refractivity contribution in [3.8, 4) is 0 Å². The van der Waals surface area contributed by atoms with E-state index in [1.165, 1.54) is 5.56 Å². The first kappa shape index (κ1) is 14.2. The molecule has 2 rings (SSSR count). The van der Waals surface area contributed by atoms with E-state index in [1.807, 2.05) is 25.1 Å². The van der Waals surface area contributed by atoms with Crippen LogP contribution in [0.4, 0.5) is 0 Å². The van der Waals surface area contributed by atoms with E-state index in [1.54, 1.807) is 6.26 Å². The van der Waals surface area contributed by atoms with Crippen LogP contribution in [-0.4, -0.2) is 34.7 Å². The van der Waals surface area contributed by atoms with Crippen LogP contribution in [0, 0.1) is 0 Å². The Labute approximate surface area is 116 Å². The van der Waals surface area contributed by atoms with Gasteiger partial charge in [-0.15, -0.1) is 0 Å². The molecule has 19 heavy (non-hydrogen) atoms. The van der Waals surface area contributed by atoms with Gasteiger partial charge in [0.15, 0.2) is 0 Å². The van der Waals surface area contributed by atoms with E-state index in [9.17, 15) is 9.00 Å². The highest BCUT2D eigenvalue weighted by atomic mass is 32.2. The van der Waals surface area contributed by atoms with Gasteiger partial charge in [-0.3, -0.25) is 9.00 Å². The molecule has 1 amide bonds. The van der Waals surface area contributed by atoms with Gasteiger partial charge in [-0.25, -0.2) is 0 Å². The predicted molar refractivity (Wildman–Crippen MR) is 77.4 cm³/mol. The molecule has 1 aromatic rings. The molecule has 1 aliphatic rings. The van der Waals surface area contributed by atoms with Gasteiger partial charge in [-0.05, 0) is 24.5 Å². The van der Waals surface area contributed by atoms with Crippen molar-refractivity contribution in [1.29, 1.82) is 0 Å². The van der Waals surface area contributed by atoms with Crippen molar-refractivity contribution in [2.75, 3.05) is 18.6 Å². The highest BCUT2D eigenvalue weighted by Gasteiger charge is 2.26. The number of hydrogen-bond donors (Lipinski definition) is 2. The second-order valence-corrected chi connectivity index (χ2v) is 6.47. The van der Waals surface area contributed by atoms with Gasteiger partial charge in [0.05, 0.1) is 0 Å². The second-order valence-electron chi connectivity index (χ2n) is 4.99. The minimum atomic E-state index is -0.897. The first-order chi connectivity index (χ1) is 9.08. The number of rotatable bonds is 4. The van der Waals surface area contributed by atoms with Gasteiger partial charge in [0, 0.05) is 35.4 Å². The Kier molecular flexibility index (Phi) is 4.71. The summed E-state index contributed by atoms with van der Waals surface area (Å²) in [7, 11) is -0.897. The number of hydrogen-bond acceptors (Lipinski definition) is 3. The largest absolute Gasteiger partial charge is 0.351 e. The molecule has 5 heteroatoms. The zero-order valence-electron chi connectivity index (χ0n) is 11.3. The Balaban J connectivity index is 2.06. The van der Waals surface area contributed by atoms with Gasteiger partial charge >= 0.3 is 0 Å². The molecule has 2 N–H and O–H groups in total. The molecule has 0 saturated carbocycles. The Morgan fingerprint density at radius 2 is 2.26 bits per heavy atom. The number of carbonyl (C=O) groups excluding carboxylic acids is 1. The van der Waals surface area contributed by atoms with Crippen molar-refractivity contribution in [2.45, 2.75) is 25.4 Å². The molecule has 3 atom stereocenters. The number of nitrogens with one attached hydrogen (secondary N) is 2. The summed E-state index contributed by atoms with van der Waals surface area (Å²) in [5, 5.41) is 6.17. The van der Waals surface area contributed by atoms with Crippen molar-refractivity contribution >= 4 is 16.7 Å². The lowest BCUT2D eigenvalue weighted by Crippen LogP contribution is -2.45. The fourth-order valence-electron chi connectivity index (χ4n) is 2.46. The molecule has 0 fully saturated rings. The fourth-order valence-corrected chi connectivity index (χ4v) is 3.25. The van der Waals surface area contributed by atoms with E-state index in [0.717, 1.165) is 18.5 Å². The SMILES string of the molecule is CC(CS(C)=O)NC(=O)C1NCCc2ccccc21. The van der Waals surface area contributed by atoms with Gasteiger partial charge in [-0.1, -0.05) is 24.3 Å². The first-order valence-electron chi connectivity index (χ1n) is 6.49. The van der Waals surface area contributed by atoms with E-state index in [2.05, 4.69) is 16.7 Å². The molecule has 1 aliphatic heterocycles. The summed E-state index contributed by atoms with van der Waals surface area (Å²) in [6.07, 6.45) is 2.60. The quantitative estimate of drug-likeness (QED) is 0.856. The van der Waals surface area contributed by atoms with Gasteiger partial charge in [0.1, 0.15) is 6.04 Å². The molecule has 1 heterocycles. The van der Waals surface area contributed by atoms with Crippen molar-refractivity contribution < 1.29 is 9.00 Å². The average molecular weight is 280 g/mol. The van der Waals surface area contributed by atoms with Gasteiger partial charge in [0.25, 0.3) is 0 Å². The maximum atomic E-state index is 12.3. The van der Waals surface area contributed by atoms with Crippen molar-refractivity contribution in [1.82, 2.24) is 10.6 Å². The Morgan fingerprint density at radius 3 is 3.00 bits per heavy atom. The van der Waals surface area contributed by atoms with Crippen LogP contribution in [0.5, 0.6) is 0 Å². The van der Waals surface area contributed by atoms with Gasteiger partial charge in [-0.2, -0.15) is 0 Å². The Bertz CT molecular complexity index is 490. The summed E-state index contributed by atoms with van der Waals surface area (Å²) >= 11 is 0. The van der Waals surface area contributed by atoms with Crippen LogP contribution in [0.2, 0.25) is 0 Å². The molecule has 0 aromatic heterocycles. The summed E-state index contributed by atoms with van der Waals surface area (Å²) < 4.78 is 11.2. The zero-order valence-corrected chi connectivity index (χ0v) is 12.1. The van der Waals surface area contributed by atoms with E-state index in [-0.39, 0.29) is 18.0 Å². The first-order valence-corrected chi connectivity index (χ1v) is 8.22. The third kappa shape index (κ3) is 3.64. The number of carbonyl (C=O) groups is 1. The molecular weight excluding hydrogens is 260 g/mol. The Hall–Kier alpha value is -1.20. The van der Waals surface area contributed by atoms with Crippen LogP contribution < -0.4 is 10.6 Å². The second kappa shape index (κ2) is 6.30. The lowest BCUT2D eigenvalue weighted by Gasteiger charge is -2.27. The molecule has 0 aliphatic carbocycles. The number of amides is 1. The summed E-state index contributed by atoms with van der Waals surface area (Å²) in [4.78, 5) is 12.3. The third-order valence-corrected chi connectivity index (χ3v) is 4.21. The molecule has 104 valence electrons. The summed E-state index contributed by atoms with van der Waals surface area (Å²) in [5.74, 6) is 0.449. The summed E-state index contributed by atoms with van der Waals surface area (Å²) in [5.41, 5.74) is 2.28. The van der Waals surface area contributed by atoms with Crippen molar-refractivity contribution in [3.63, 3.8) is 0 Å². The Morgan fingerprint density at radius 1 is 1.53 bits per heavy atom. The van der Waals surface area contributed by atoms with Crippen LogP contribution in [0.25, 0.3) is 0 Å². The molecule has 0 spiro atoms. The number of fused-ring (bicyclic) bond motifs is 1. The zero-order chi connectivity index (χ0) is 13.8. The van der Waals surface area contributed by atoms with Crippen LogP contribution in [0.1, 0.15) is 24.1 Å². The molecule has 1 aromatic carbocycles. The van der Waals surface area contributed by atoms with Crippen LogP contribution in [0.15, 0.2) is 24.3 Å². The van der Waals surface area contributed by atoms with Gasteiger partial charge < -0.3 is 10.6 Å². The highest BCUT2D eigenvalue weighted by Crippen LogP contribution is 2.22. The topological polar surface area (TPSA) is 58.2 Å². The molecule has 0 radical (unpaired) electrons. The molecule has 4 nitrogen and oxygen atoms in total. The third-order valence-electron chi connectivity index (χ3n) is 3.24. The maximum Gasteiger partial charge on any atom is 0.241 e. The summed E-state index contributed by atoms with van der Waals surface area (Å²) in [6.45, 7) is 2.69. The van der Waals surface area contributed by atoms with E-state index >= 15 is 0 Å². The number of benzene rings is 1. The molecule has 3 unspecified atom stereocenters. The van der Waals surface area contributed by atoms with E-state index in [4.69, 9.17) is 0 Å². The molecular formula is C14H20N2O2S. The highest BCUT2D eigenvalue weighted by molar-refractivity contribution is 7.84. The van der Waals surface area contributed by atoms with Crippen molar-refractivity contribution in [3.05, 3.63) is 35.4 Å². The lowest BCUT2D eigenvalue weighted by atomic mass is 9.94. The standard InChI is InChI=1S/C14H20N2O2S/c1-10(9-19(2)18)16-14(17)13-12-6-4-3-5-11(12)7-8-15-13/h3-6,10,13,15H,7-9H2,1-2H3,(H,16,17). The molecule has 0 bridgehead atoms.